The molecule has 1 aromatic carbocycles. The molecular formula is C12H15FN2O. The summed E-state index contributed by atoms with van der Waals surface area (Å²) in [6.07, 6.45) is 0. The molecule has 0 saturated carbocycles. The summed E-state index contributed by atoms with van der Waals surface area (Å²) in [5.74, 6) is -0.0908. The molecule has 0 amide bonds. The Morgan fingerprint density at radius 2 is 2.12 bits per heavy atom. The van der Waals surface area contributed by atoms with Crippen molar-refractivity contribution in [3.05, 3.63) is 29.2 Å². The van der Waals surface area contributed by atoms with E-state index in [1.165, 1.54) is 13.2 Å². The molecule has 0 radical (unpaired) electrons. The molecule has 3 nitrogen and oxygen atoms in total. The Morgan fingerprint density at radius 1 is 1.44 bits per heavy atom. The molecule has 1 aromatic heterocycles. The van der Waals surface area contributed by atoms with Crippen LogP contribution in [0.15, 0.2) is 12.1 Å². The highest BCUT2D eigenvalue weighted by molar-refractivity contribution is 5.87. The molecular weight excluding hydrogens is 207 g/mol. The number of nitrogens with zero attached hydrogens (tertiary/aromatic N) is 1. The number of fused-ring (bicyclic) bond motifs is 1. The minimum atomic E-state index is -0.348. The number of nitrogens with two attached hydrogens (primary N) is 1. The Hall–Kier alpha value is -1.55. The predicted molar refractivity (Wildman–Crippen MR) is 62.1 cm³/mol. The Labute approximate surface area is 93.6 Å². The topological polar surface area (TPSA) is 40.2 Å². The average Bonchev–Trinajstić information content (AvgIpc) is 2.51. The van der Waals surface area contributed by atoms with E-state index in [1.807, 2.05) is 18.5 Å². The van der Waals surface area contributed by atoms with Crippen LogP contribution in [0.3, 0.4) is 0 Å². The minimum Gasteiger partial charge on any atom is -0.494 e. The van der Waals surface area contributed by atoms with Gasteiger partial charge in [0.2, 0.25) is 0 Å². The van der Waals surface area contributed by atoms with E-state index in [0.29, 0.717) is 6.54 Å². The molecule has 2 N–H and O–H groups in total. The molecule has 4 heteroatoms. The summed E-state index contributed by atoms with van der Waals surface area (Å²) in [6, 6.07) is 3.19. The number of aromatic nitrogens is 1. The highest BCUT2D eigenvalue weighted by Gasteiger charge is 2.14. The molecule has 0 aliphatic carbocycles. The zero-order valence-corrected chi connectivity index (χ0v) is 9.67. The van der Waals surface area contributed by atoms with E-state index in [-0.39, 0.29) is 11.6 Å². The first kappa shape index (κ1) is 11.0. The Kier molecular flexibility index (Phi) is 2.59. The number of hydrogen-bond donors (Lipinski definition) is 1. The van der Waals surface area contributed by atoms with Gasteiger partial charge in [-0.15, -0.1) is 0 Å². The zero-order chi connectivity index (χ0) is 11.9. The smallest absolute Gasteiger partial charge is 0.167 e. The molecule has 2 rings (SSSR count). The lowest BCUT2D eigenvalue weighted by atomic mass is 10.1. The summed E-state index contributed by atoms with van der Waals surface area (Å²) in [4.78, 5) is 0. The van der Waals surface area contributed by atoms with E-state index in [0.717, 1.165) is 22.2 Å². The molecule has 0 aliphatic heterocycles. The van der Waals surface area contributed by atoms with Gasteiger partial charge in [0.1, 0.15) is 0 Å². The average molecular weight is 222 g/mol. The van der Waals surface area contributed by atoms with Crippen molar-refractivity contribution >= 4 is 10.9 Å². The number of rotatable bonds is 2. The fourth-order valence-corrected chi connectivity index (χ4v) is 2.05. The predicted octanol–water partition coefficient (Wildman–Crippen LogP) is 2.09. The van der Waals surface area contributed by atoms with Gasteiger partial charge in [0.05, 0.1) is 12.6 Å². The SMILES string of the molecule is COc1cc2c(CN)c(C)n(C)c2cc1F. The van der Waals surface area contributed by atoms with Crippen LogP contribution in [-0.4, -0.2) is 11.7 Å². The van der Waals surface area contributed by atoms with Crippen LogP contribution in [0.25, 0.3) is 10.9 Å². The normalized spacial score (nSPS) is 11.1. The molecule has 0 saturated heterocycles. The van der Waals surface area contributed by atoms with Crippen LogP contribution in [0.1, 0.15) is 11.3 Å². The van der Waals surface area contributed by atoms with Crippen molar-refractivity contribution in [2.45, 2.75) is 13.5 Å². The maximum Gasteiger partial charge on any atom is 0.167 e. The third-order valence-electron chi connectivity index (χ3n) is 3.10. The van der Waals surface area contributed by atoms with Crippen LogP contribution >= 0.6 is 0 Å². The van der Waals surface area contributed by atoms with Crippen molar-refractivity contribution in [3.63, 3.8) is 0 Å². The van der Waals surface area contributed by atoms with Gasteiger partial charge in [-0.2, -0.15) is 0 Å². The number of halogens is 1. The third-order valence-corrected chi connectivity index (χ3v) is 3.10. The van der Waals surface area contributed by atoms with Crippen molar-refractivity contribution < 1.29 is 9.13 Å². The molecule has 1 heterocycles. The first-order valence-electron chi connectivity index (χ1n) is 5.11. The summed E-state index contributed by atoms with van der Waals surface area (Å²) in [7, 11) is 3.37. The highest BCUT2D eigenvalue weighted by Crippen LogP contribution is 2.30. The lowest BCUT2D eigenvalue weighted by Crippen LogP contribution is -1.99. The second-order valence-corrected chi connectivity index (χ2v) is 3.83. The standard InChI is InChI=1S/C12H15FN2O/c1-7-9(6-14)8-4-12(16-3)10(13)5-11(8)15(7)2/h4-5H,6,14H2,1-3H3. The van der Waals surface area contributed by atoms with Crippen LogP contribution in [0, 0.1) is 12.7 Å². The molecule has 2 aromatic rings. The Morgan fingerprint density at radius 3 is 2.69 bits per heavy atom. The summed E-state index contributed by atoms with van der Waals surface area (Å²) >= 11 is 0. The maximum absolute atomic E-state index is 13.6. The lowest BCUT2D eigenvalue weighted by molar-refractivity contribution is 0.387. The van der Waals surface area contributed by atoms with Gasteiger partial charge in [-0.3, -0.25) is 0 Å². The van der Waals surface area contributed by atoms with Gasteiger partial charge in [-0.25, -0.2) is 4.39 Å². The van der Waals surface area contributed by atoms with Crippen molar-refractivity contribution in [1.29, 1.82) is 0 Å². The van der Waals surface area contributed by atoms with Crippen LogP contribution < -0.4 is 10.5 Å². The molecule has 0 unspecified atom stereocenters. The van der Waals surface area contributed by atoms with Crippen LogP contribution in [0.2, 0.25) is 0 Å². The zero-order valence-electron chi connectivity index (χ0n) is 9.67. The summed E-state index contributed by atoms with van der Waals surface area (Å²) < 4.78 is 20.5. The van der Waals surface area contributed by atoms with Gasteiger partial charge < -0.3 is 15.0 Å². The van der Waals surface area contributed by atoms with Gasteiger partial charge in [0, 0.05) is 30.7 Å². The van der Waals surface area contributed by atoms with E-state index in [1.54, 1.807) is 6.07 Å². The first-order valence-corrected chi connectivity index (χ1v) is 5.11. The highest BCUT2D eigenvalue weighted by atomic mass is 19.1. The van der Waals surface area contributed by atoms with E-state index in [4.69, 9.17) is 10.5 Å². The number of aryl methyl sites for hydroxylation is 1. The second-order valence-electron chi connectivity index (χ2n) is 3.83. The largest absolute Gasteiger partial charge is 0.494 e. The van der Waals surface area contributed by atoms with Gasteiger partial charge in [-0.05, 0) is 18.6 Å². The number of methoxy groups -OCH3 is 1. The molecule has 0 aliphatic rings. The van der Waals surface area contributed by atoms with E-state index >= 15 is 0 Å². The molecule has 86 valence electrons. The monoisotopic (exact) mass is 222 g/mol. The van der Waals surface area contributed by atoms with Gasteiger partial charge >= 0.3 is 0 Å². The molecule has 0 bridgehead atoms. The maximum atomic E-state index is 13.6. The number of ether oxygens (including phenoxy) is 1. The number of hydrogen-bond acceptors (Lipinski definition) is 2. The van der Waals surface area contributed by atoms with Crippen LogP contribution in [0.4, 0.5) is 4.39 Å². The van der Waals surface area contributed by atoms with Gasteiger partial charge in [0.15, 0.2) is 11.6 Å². The Bertz CT molecular complexity index is 546. The minimum absolute atomic E-state index is 0.257. The fraction of sp³-hybridized carbons (Fsp3) is 0.333. The molecule has 0 spiro atoms. The quantitative estimate of drug-likeness (QED) is 0.845. The number of benzene rings is 1. The van der Waals surface area contributed by atoms with Gasteiger partial charge in [0.25, 0.3) is 0 Å². The van der Waals surface area contributed by atoms with Crippen molar-refractivity contribution in [2.24, 2.45) is 12.8 Å². The molecule has 0 fully saturated rings. The van der Waals surface area contributed by atoms with Crippen LogP contribution in [0.5, 0.6) is 5.75 Å². The molecule has 0 atom stereocenters. The summed E-state index contributed by atoms with van der Waals surface area (Å²) in [6.45, 7) is 2.42. The first-order chi connectivity index (χ1) is 7.60. The third kappa shape index (κ3) is 1.38. The van der Waals surface area contributed by atoms with E-state index < -0.39 is 0 Å². The van der Waals surface area contributed by atoms with Crippen molar-refractivity contribution in [1.82, 2.24) is 4.57 Å². The fourth-order valence-electron chi connectivity index (χ4n) is 2.05. The molecule has 16 heavy (non-hydrogen) atoms. The van der Waals surface area contributed by atoms with Crippen LogP contribution in [-0.2, 0) is 13.6 Å². The second kappa shape index (κ2) is 3.79. The lowest BCUT2D eigenvalue weighted by Gasteiger charge is -2.03. The van der Waals surface area contributed by atoms with Crippen molar-refractivity contribution in [2.75, 3.05) is 7.11 Å². The van der Waals surface area contributed by atoms with E-state index in [2.05, 4.69) is 0 Å². The summed E-state index contributed by atoms with van der Waals surface area (Å²) in [5.41, 5.74) is 8.65. The van der Waals surface area contributed by atoms with Gasteiger partial charge in [-0.1, -0.05) is 0 Å². The summed E-state index contributed by atoms with van der Waals surface area (Å²) in [5, 5.41) is 0.959. The van der Waals surface area contributed by atoms with Crippen molar-refractivity contribution in [3.8, 4) is 5.75 Å². The Balaban J connectivity index is 2.85. The van der Waals surface area contributed by atoms with E-state index in [9.17, 15) is 4.39 Å².